The smallest absolute Gasteiger partial charge is 0.274 e. The maximum absolute atomic E-state index is 13.2. The molecule has 0 saturated carbocycles. The van der Waals surface area contributed by atoms with Gasteiger partial charge in [0.25, 0.3) is 5.91 Å². The summed E-state index contributed by atoms with van der Waals surface area (Å²) in [7, 11) is 4.08. The van der Waals surface area contributed by atoms with E-state index in [1.165, 1.54) is 5.56 Å². The van der Waals surface area contributed by atoms with Crippen LogP contribution in [0, 0.1) is 0 Å². The molecule has 2 aromatic heterocycles. The van der Waals surface area contributed by atoms with Gasteiger partial charge in [-0.25, -0.2) is 4.98 Å². The van der Waals surface area contributed by atoms with E-state index >= 15 is 0 Å². The number of fused-ring (bicyclic) bond motifs is 1. The van der Waals surface area contributed by atoms with Crippen LogP contribution in [0.2, 0.25) is 0 Å². The van der Waals surface area contributed by atoms with Gasteiger partial charge in [-0.1, -0.05) is 49.7 Å². The number of likely N-dealkylation sites (N-methyl/N-ethyl adjacent to an activating group) is 1. The topological polar surface area (TPSA) is 44.1 Å². The van der Waals surface area contributed by atoms with Gasteiger partial charge in [0.05, 0.1) is 5.69 Å². The predicted octanol–water partition coefficient (Wildman–Crippen LogP) is 3.70. The van der Waals surface area contributed by atoms with Gasteiger partial charge in [-0.05, 0) is 31.2 Å². The number of nitrogens with zero attached hydrogens (tertiary/aromatic N) is 5. The highest BCUT2D eigenvalue weighted by atomic mass is 16.2. The van der Waals surface area contributed by atoms with Crippen LogP contribution in [0.1, 0.15) is 47.6 Å². The van der Waals surface area contributed by atoms with Crippen LogP contribution in [0.3, 0.4) is 0 Å². The third-order valence-electron chi connectivity index (χ3n) is 6.32. The molecule has 31 heavy (non-hydrogen) atoms. The van der Waals surface area contributed by atoms with E-state index in [9.17, 15) is 4.79 Å². The number of hydrogen-bond donors (Lipinski definition) is 0. The van der Waals surface area contributed by atoms with E-state index in [2.05, 4.69) is 58.5 Å². The van der Waals surface area contributed by atoms with Crippen LogP contribution >= 0.6 is 0 Å². The summed E-state index contributed by atoms with van der Waals surface area (Å²) >= 11 is 0. The van der Waals surface area contributed by atoms with Crippen molar-refractivity contribution < 1.29 is 4.79 Å². The molecule has 3 heterocycles. The Bertz CT molecular complexity index is 1020. The van der Waals surface area contributed by atoms with Crippen LogP contribution in [0.4, 0.5) is 0 Å². The van der Waals surface area contributed by atoms with E-state index in [4.69, 9.17) is 4.98 Å². The van der Waals surface area contributed by atoms with Crippen LogP contribution in [-0.2, 0) is 6.54 Å². The van der Waals surface area contributed by atoms with Crippen molar-refractivity contribution >= 4 is 11.6 Å². The molecule has 164 valence electrons. The number of carbonyl (C=O) groups excluding carboxylic acids is 1. The SMILES string of the molecule is CCCCN(C)C(=O)c1nc2ccccn2c1CN1CCN(C)C(c2ccccc2)C1. The van der Waals surface area contributed by atoms with E-state index in [1.54, 1.807) is 0 Å². The molecule has 1 fully saturated rings. The zero-order chi connectivity index (χ0) is 21.8. The van der Waals surface area contributed by atoms with Gasteiger partial charge in [0.2, 0.25) is 0 Å². The van der Waals surface area contributed by atoms with Crippen LogP contribution in [0.5, 0.6) is 0 Å². The molecule has 0 bridgehead atoms. The Morgan fingerprint density at radius 1 is 1.13 bits per heavy atom. The average Bonchev–Trinajstić information content (AvgIpc) is 3.17. The van der Waals surface area contributed by atoms with Crippen LogP contribution in [-0.4, -0.2) is 70.3 Å². The van der Waals surface area contributed by atoms with Crippen molar-refractivity contribution in [1.82, 2.24) is 24.1 Å². The fourth-order valence-electron chi connectivity index (χ4n) is 4.37. The normalized spacial score (nSPS) is 17.8. The van der Waals surface area contributed by atoms with Crippen LogP contribution in [0.15, 0.2) is 54.7 Å². The molecule has 1 aliphatic heterocycles. The third kappa shape index (κ3) is 4.65. The Morgan fingerprint density at radius 3 is 2.68 bits per heavy atom. The molecule has 6 nitrogen and oxygen atoms in total. The van der Waals surface area contributed by atoms with Gasteiger partial charge in [-0.2, -0.15) is 0 Å². The van der Waals surface area contributed by atoms with Gasteiger partial charge >= 0.3 is 0 Å². The summed E-state index contributed by atoms with van der Waals surface area (Å²) in [5, 5.41) is 0. The van der Waals surface area contributed by atoms with E-state index in [-0.39, 0.29) is 5.91 Å². The minimum absolute atomic E-state index is 0.0147. The summed E-state index contributed by atoms with van der Waals surface area (Å²) in [5.74, 6) is 0.0147. The number of hydrogen-bond acceptors (Lipinski definition) is 4. The molecule has 6 heteroatoms. The molecule has 1 aliphatic rings. The lowest BCUT2D eigenvalue weighted by Gasteiger charge is -2.39. The Hall–Kier alpha value is -2.70. The van der Waals surface area contributed by atoms with Crippen molar-refractivity contribution in [1.29, 1.82) is 0 Å². The van der Waals surface area contributed by atoms with Crippen molar-refractivity contribution in [3.63, 3.8) is 0 Å². The number of amides is 1. The number of aromatic nitrogens is 2. The molecule has 1 atom stereocenters. The van der Waals surface area contributed by atoms with Gasteiger partial charge in [0.15, 0.2) is 5.69 Å². The summed E-state index contributed by atoms with van der Waals surface area (Å²) in [6, 6.07) is 17.0. The summed E-state index contributed by atoms with van der Waals surface area (Å²) < 4.78 is 2.08. The van der Waals surface area contributed by atoms with Crippen molar-refractivity contribution in [3.8, 4) is 0 Å². The molecular formula is C25H33N5O. The first kappa shape index (κ1) is 21.5. The molecule has 1 aromatic carbocycles. The third-order valence-corrected chi connectivity index (χ3v) is 6.32. The number of imidazole rings is 1. The molecule has 4 rings (SSSR count). The maximum atomic E-state index is 13.2. The molecule has 0 radical (unpaired) electrons. The number of rotatable bonds is 7. The highest BCUT2D eigenvalue weighted by molar-refractivity contribution is 5.94. The molecular weight excluding hydrogens is 386 g/mol. The number of carbonyl (C=O) groups is 1. The second kappa shape index (κ2) is 9.62. The van der Waals surface area contributed by atoms with Crippen LogP contribution < -0.4 is 0 Å². The largest absolute Gasteiger partial charge is 0.340 e. The zero-order valence-corrected chi connectivity index (χ0v) is 18.9. The zero-order valence-electron chi connectivity index (χ0n) is 18.9. The van der Waals surface area contributed by atoms with Crippen molar-refractivity contribution in [2.45, 2.75) is 32.4 Å². The highest BCUT2D eigenvalue weighted by Gasteiger charge is 2.28. The van der Waals surface area contributed by atoms with Crippen molar-refractivity contribution in [2.24, 2.45) is 0 Å². The number of benzene rings is 1. The maximum Gasteiger partial charge on any atom is 0.274 e. The minimum atomic E-state index is 0.0147. The Labute approximate surface area is 185 Å². The number of unbranched alkanes of at least 4 members (excludes halogenated alkanes) is 1. The van der Waals surface area contributed by atoms with E-state index in [0.29, 0.717) is 18.3 Å². The molecule has 1 saturated heterocycles. The molecule has 0 aliphatic carbocycles. The second-order valence-corrected chi connectivity index (χ2v) is 8.56. The fourth-order valence-corrected chi connectivity index (χ4v) is 4.37. The quantitative estimate of drug-likeness (QED) is 0.586. The standard InChI is InChI=1S/C25H33N5O/c1-4-5-14-28(3)25(31)24-22(30-15-10-9-13-23(30)26-24)19-29-17-16-27(2)21(18-29)20-11-7-6-8-12-20/h6-13,15,21H,4-5,14,16-19H2,1-3H3. The summed E-state index contributed by atoms with van der Waals surface area (Å²) in [4.78, 5) is 24.7. The summed E-state index contributed by atoms with van der Waals surface area (Å²) in [6.45, 7) is 6.51. The van der Waals surface area contributed by atoms with Crippen molar-refractivity contribution in [2.75, 3.05) is 40.3 Å². The molecule has 0 spiro atoms. The molecule has 1 unspecified atom stereocenters. The van der Waals surface area contributed by atoms with Crippen molar-refractivity contribution in [3.05, 3.63) is 71.7 Å². The Balaban J connectivity index is 1.61. The Kier molecular flexibility index (Phi) is 6.68. The van der Waals surface area contributed by atoms with E-state index in [0.717, 1.165) is 50.4 Å². The monoisotopic (exact) mass is 419 g/mol. The van der Waals surface area contributed by atoms with Crippen LogP contribution in [0.25, 0.3) is 5.65 Å². The van der Waals surface area contributed by atoms with Gasteiger partial charge in [0, 0.05) is 52.0 Å². The summed E-state index contributed by atoms with van der Waals surface area (Å²) in [5.41, 5.74) is 3.74. The van der Waals surface area contributed by atoms with Gasteiger partial charge in [-0.3, -0.25) is 14.6 Å². The first-order valence-corrected chi connectivity index (χ1v) is 11.3. The molecule has 0 N–H and O–H groups in total. The second-order valence-electron chi connectivity index (χ2n) is 8.56. The minimum Gasteiger partial charge on any atom is -0.340 e. The Morgan fingerprint density at radius 2 is 1.90 bits per heavy atom. The number of pyridine rings is 1. The fraction of sp³-hybridized carbons (Fsp3) is 0.440. The predicted molar refractivity (Wildman–Crippen MR) is 124 cm³/mol. The van der Waals surface area contributed by atoms with Gasteiger partial charge in [-0.15, -0.1) is 0 Å². The lowest BCUT2D eigenvalue weighted by atomic mass is 10.0. The highest BCUT2D eigenvalue weighted by Crippen LogP contribution is 2.26. The summed E-state index contributed by atoms with van der Waals surface area (Å²) in [6.07, 6.45) is 4.09. The lowest BCUT2D eigenvalue weighted by molar-refractivity contribution is 0.0773. The lowest BCUT2D eigenvalue weighted by Crippen LogP contribution is -2.46. The first-order valence-electron chi connectivity index (χ1n) is 11.3. The van der Waals surface area contributed by atoms with E-state index < -0.39 is 0 Å². The molecule has 3 aromatic rings. The average molecular weight is 420 g/mol. The van der Waals surface area contributed by atoms with Gasteiger partial charge < -0.3 is 9.30 Å². The van der Waals surface area contributed by atoms with Gasteiger partial charge in [0.1, 0.15) is 5.65 Å². The first-order chi connectivity index (χ1) is 15.1. The molecule has 1 amide bonds. The van der Waals surface area contributed by atoms with E-state index in [1.807, 2.05) is 36.3 Å². The number of piperazine rings is 1.